The summed E-state index contributed by atoms with van der Waals surface area (Å²) in [6.45, 7) is -0.816. The van der Waals surface area contributed by atoms with Crippen LogP contribution in [0.5, 0.6) is 0 Å². The van der Waals surface area contributed by atoms with Gasteiger partial charge < -0.3 is 15.6 Å². The molecule has 0 amide bonds. The van der Waals surface area contributed by atoms with E-state index in [0.29, 0.717) is 0 Å². The summed E-state index contributed by atoms with van der Waals surface area (Å²) in [5.74, 6) is -3.59. The third-order valence-electron chi connectivity index (χ3n) is 2.59. The van der Waals surface area contributed by atoms with Crippen molar-refractivity contribution in [3.63, 3.8) is 0 Å². The van der Waals surface area contributed by atoms with Crippen molar-refractivity contribution < 1.29 is 18.6 Å². The van der Waals surface area contributed by atoms with Gasteiger partial charge in [0.25, 0.3) is 0 Å². The first-order valence-corrected chi connectivity index (χ1v) is 4.97. The van der Waals surface area contributed by atoms with Crippen molar-refractivity contribution in [2.75, 3.05) is 12.3 Å². The summed E-state index contributed by atoms with van der Waals surface area (Å²) in [7, 11) is 0. The molecule has 94 valence electrons. The van der Waals surface area contributed by atoms with Gasteiger partial charge in [-0.15, -0.1) is 0 Å². The summed E-state index contributed by atoms with van der Waals surface area (Å²) in [6.07, 6.45) is -0.102. The Labute approximate surface area is 94.6 Å². The minimum Gasteiger partial charge on any atom is -0.390 e. The average molecular weight is 247 g/mol. The molecule has 0 radical (unpaired) electrons. The van der Waals surface area contributed by atoms with Gasteiger partial charge >= 0.3 is 5.69 Å². The molecule has 1 aromatic rings. The molecule has 0 aliphatic carbocycles. The van der Waals surface area contributed by atoms with Crippen LogP contribution >= 0.6 is 0 Å². The predicted octanol–water partition coefficient (Wildman–Crippen LogP) is -0.0683. The number of hydrogen-bond donors (Lipinski definition) is 2. The Balaban J connectivity index is 2.31. The van der Waals surface area contributed by atoms with Crippen LogP contribution in [0.4, 0.5) is 14.6 Å². The van der Waals surface area contributed by atoms with Gasteiger partial charge in [0.1, 0.15) is 12.8 Å². The van der Waals surface area contributed by atoms with E-state index in [0.717, 1.165) is 10.8 Å². The number of aliphatic hydroxyl groups is 1. The highest BCUT2D eigenvalue weighted by molar-refractivity contribution is 5.26. The zero-order valence-electron chi connectivity index (χ0n) is 8.77. The van der Waals surface area contributed by atoms with E-state index >= 15 is 0 Å². The third kappa shape index (κ3) is 2.13. The fraction of sp³-hybridized carbons (Fsp3) is 0.556. The molecule has 1 aliphatic heterocycles. The van der Waals surface area contributed by atoms with Gasteiger partial charge in [-0.3, -0.25) is 4.57 Å². The van der Waals surface area contributed by atoms with Gasteiger partial charge in [0.05, 0.1) is 6.20 Å². The molecule has 0 bridgehead atoms. The Bertz CT molecular complexity index is 493. The largest absolute Gasteiger partial charge is 0.390 e. The van der Waals surface area contributed by atoms with Crippen LogP contribution in [-0.4, -0.2) is 27.1 Å². The Morgan fingerprint density at radius 3 is 3.06 bits per heavy atom. The number of anilines is 1. The molecule has 2 atom stereocenters. The number of nitrogens with zero attached hydrogens (tertiary/aromatic N) is 2. The Morgan fingerprint density at radius 2 is 2.47 bits per heavy atom. The average Bonchev–Trinajstić information content (AvgIpc) is 2.67. The van der Waals surface area contributed by atoms with Gasteiger partial charge in [-0.05, 0) is 6.42 Å². The molecule has 17 heavy (non-hydrogen) atoms. The lowest BCUT2D eigenvalue weighted by atomic mass is 10.2. The smallest absolute Gasteiger partial charge is 0.351 e. The van der Waals surface area contributed by atoms with Gasteiger partial charge in [0.2, 0.25) is 5.85 Å². The Kier molecular flexibility index (Phi) is 2.84. The van der Waals surface area contributed by atoms with E-state index in [9.17, 15) is 13.6 Å². The molecule has 1 aromatic heterocycles. The molecular formula is C9H11F2N3O3. The molecule has 8 heteroatoms. The number of alkyl halides is 1. The topological polar surface area (TPSA) is 90.4 Å². The van der Waals surface area contributed by atoms with Gasteiger partial charge in [0, 0.05) is 6.42 Å². The third-order valence-corrected chi connectivity index (χ3v) is 2.59. The standard InChI is InChI=1S/C9H11F2N3O3/c10-5-3-14(8(16)13-7(5)12)6-1-2-9(11,4-15)17-6/h3,6,15H,1-2,4H2,(H2,12,13,16)/t6-,9+/m1/s1. The molecule has 1 fully saturated rings. The first kappa shape index (κ1) is 11.9. The van der Waals surface area contributed by atoms with Gasteiger partial charge in [-0.2, -0.15) is 4.98 Å². The highest BCUT2D eigenvalue weighted by Gasteiger charge is 2.41. The minimum absolute atomic E-state index is 0.0768. The summed E-state index contributed by atoms with van der Waals surface area (Å²) in [5.41, 5.74) is 4.29. The Morgan fingerprint density at radius 1 is 1.76 bits per heavy atom. The second kappa shape index (κ2) is 4.04. The summed E-state index contributed by atoms with van der Waals surface area (Å²) >= 11 is 0. The number of aromatic nitrogens is 2. The summed E-state index contributed by atoms with van der Waals surface area (Å²) in [4.78, 5) is 14.7. The SMILES string of the molecule is Nc1nc(=O)n([C@H]2CC[C@@](F)(CO)O2)cc1F. The van der Waals surface area contributed by atoms with Crippen molar-refractivity contribution in [1.82, 2.24) is 9.55 Å². The van der Waals surface area contributed by atoms with E-state index in [2.05, 4.69) is 4.98 Å². The minimum atomic E-state index is -2.19. The molecule has 2 heterocycles. The maximum absolute atomic E-state index is 13.6. The lowest BCUT2D eigenvalue weighted by Gasteiger charge is -2.18. The zero-order valence-corrected chi connectivity index (χ0v) is 8.77. The number of aliphatic hydroxyl groups excluding tert-OH is 1. The second-order valence-electron chi connectivity index (χ2n) is 3.82. The van der Waals surface area contributed by atoms with Crippen molar-refractivity contribution in [2.45, 2.75) is 24.9 Å². The first-order chi connectivity index (χ1) is 7.95. The van der Waals surface area contributed by atoms with Crippen LogP contribution in [0.2, 0.25) is 0 Å². The van der Waals surface area contributed by atoms with Gasteiger partial charge in [0.15, 0.2) is 11.6 Å². The fourth-order valence-electron chi connectivity index (χ4n) is 1.68. The molecule has 0 saturated carbocycles. The van der Waals surface area contributed by atoms with Crippen LogP contribution in [0.15, 0.2) is 11.0 Å². The highest BCUT2D eigenvalue weighted by atomic mass is 19.2. The van der Waals surface area contributed by atoms with E-state index in [4.69, 9.17) is 15.6 Å². The Hall–Kier alpha value is -1.54. The first-order valence-electron chi connectivity index (χ1n) is 4.97. The fourth-order valence-corrected chi connectivity index (χ4v) is 1.68. The molecule has 1 saturated heterocycles. The monoisotopic (exact) mass is 247 g/mol. The summed E-state index contributed by atoms with van der Waals surface area (Å²) in [6, 6.07) is 0. The van der Waals surface area contributed by atoms with E-state index < -0.39 is 36.0 Å². The summed E-state index contributed by atoms with van der Waals surface area (Å²) < 4.78 is 32.4. The number of rotatable bonds is 2. The quantitative estimate of drug-likeness (QED) is 0.763. The molecule has 0 spiro atoms. The van der Waals surface area contributed by atoms with Crippen molar-refractivity contribution in [3.8, 4) is 0 Å². The number of hydrogen-bond acceptors (Lipinski definition) is 5. The van der Waals surface area contributed by atoms with Gasteiger partial charge in [-0.25, -0.2) is 13.6 Å². The van der Waals surface area contributed by atoms with Crippen LogP contribution in [0.25, 0.3) is 0 Å². The molecular weight excluding hydrogens is 236 g/mol. The van der Waals surface area contributed by atoms with Crippen LogP contribution in [0, 0.1) is 5.82 Å². The van der Waals surface area contributed by atoms with E-state index in [1.165, 1.54) is 0 Å². The van der Waals surface area contributed by atoms with E-state index in [1.54, 1.807) is 0 Å². The molecule has 0 aromatic carbocycles. The number of ether oxygens (including phenoxy) is 1. The molecule has 1 aliphatic rings. The molecule has 3 N–H and O–H groups in total. The van der Waals surface area contributed by atoms with Crippen molar-refractivity contribution >= 4 is 5.82 Å². The van der Waals surface area contributed by atoms with Crippen LogP contribution in [0.3, 0.4) is 0 Å². The normalized spacial score (nSPS) is 28.5. The van der Waals surface area contributed by atoms with Crippen LogP contribution in [0.1, 0.15) is 19.1 Å². The van der Waals surface area contributed by atoms with Crippen molar-refractivity contribution in [1.29, 1.82) is 0 Å². The summed E-state index contributed by atoms with van der Waals surface area (Å²) in [5, 5.41) is 8.76. The van der Waals surface area contributed by atoms with Gasteiger partial charge in [-0.1, -0.05) is 0 Å². The van der Waals surface area contributed by atoms with Crippen LogP contribution in [-0.2, 0) is 4.74 Å². The van der Waals surface area contributed by atoms with Crippen molar-refractivity contribution in [3.05, 3.63) is 22.5 Å². The van der Waals surface area contributed by atoms with Crippen LogP contribution < -0.4 is 11.4 Å². The van der Waals surface area contributed by atoms with Crippen molar-refractivity contribution in [2.24, 2.45) is 0 Å². The van der Waals surface area contributed by atoms with E-state index in [1.807, 2.05) is 0 Å². The molecule has 2 rings (SSSR count). The lowest BCUT2D eigenvalue weighted by molar-refractivity contribution is -0.177. The number of nitrogen functional groups attached to an aromatic ring is 1. The second-order valence-corrected chi connectivity index (χ2v) is 3.82. The van der Waals surface area contributed by atoms with E-state index in [-0.39, 0.29) is 12.8 Å². The lowest BCUT2D eigenvalue weighted by Crippen LogP contribution is -2.31. The molecule has 0 unspecified atom stereocenters. The molecule has 6 nitrogen and oxygen atoms in total. The zero-order chi connectivity index (χ0) is 12.6. The highest BCUT2D eigenvalue weighted by Crippen LogP contribution is 2.36. The predicted molar refractivity (Wildman–Crippen MR) is 53.1 cm³/mol. The maximum atomic E-state index is 13.6. The number of nitrogens with two attached hydrogens (primary N) is 1. The maximum Gasteiger partial charge on any atom is 0.351 e. The number of halogens is 2.